The molecule has 2 fully saturated rings. The van der Waals surface area contributed by atoms with Gasteiger partial charge in [0.05, 0.1) is 11.1 Å². The van der Waals surface area contributed by atoms with Crippen molar-refractivity contribution in [1.29, 1.82) is 0 Å². The Kier molecular flexibility index (Phi) is 15.5. The second-order valence-electron chi connectivity index (χ2n) is 15.3. The molecule has 270 valence electrons. The molecule has 4 heteroatoms. The topological polar surface area (TPSA) is 52.6 Å². The molecule has 0 bridgehead atoms. The first kappa shape index (κ1) is 37.8. The van der Waals surface area contributed by atoms with Crippen LogP contribution in [-0.4, -0.2) is 18.5 Å². The number of esters is 2. The first-order chi connectivity index (χ1) is 24.5. The van der Waals surface area contributed by atoms with Crippen LogP contribution in [0.4, 0.5) is 0 Å². The average Bonchev–Trinajstić information content (AvgIpc) is 3.17. The van der Waals surface area contributed by atoms with Gasteiger partial charge in [0, 0.05) is 0 Å². The molecule has 0 spiro atoms. The van der Waals surface area contributed by atoms with Crippen LogP contribution in [0, 0.1) is 11.8 Å². The first-order valence-electron chi connectivity index (χ1n) is 20.2. The fraction of sp³-hybridized carbons (Fsp3) is 0.565. The molecule has 0 N–H and O–H groups in total. The van der Waals surface area contributed by atoms with Crippen molar-refractivity contribution in [2.45, 2.75) is 147 Å². The Morgan fingerprint density at radius 2 is 1.02 bits per heavy atom. The summed E-state index contributed by atoms with van der Waals surface area (Å²) in [5.41, 5.74) is 4.48. The van der Waals surface area contributed by atoms with Crippen LogP contribution in [0.5, 0.6) is 0 Å². The van der Waals surface area contributed by atoms with E-state index in [4.69, 9.17) is 9.47 Å². The van der Waals surface area contributed by atoms with Gasteiger partial charge in [0.2, 0.25) is 0 Å². The third kappa shape index (κ3) is 11.6. The van der Waals surface area contributed by atoms with Gasteiger partial charge >= 0.3 is 11.9 Å². The Balaban J connectivity index is 1.10. The molecule has 1 unspecified atom stereocenters. The quantitative estimate of drug-likeness (QED) is 0.0992. The van der Waals surface area contributed by atoms with E-state index in [9.17, 15) is 9.59 Å². The first-order valence-corrected chi connectivity index (χ1v) is 20.2. The Bertz CT molecular complexity index is 1400. The number of hydrogen-bond acceptors (Lipinski definition) is 4. The Hall–Kier alpha value is -3.40. The maximum atomic E-state index is 13.3. The molecular formula is C46H62O4. The molecule has 0 amide bonds. The molecule has 2 aliphatic rings. The van der Waals surface area contributed by atoms with Gasteiger partial charge in [0.1, 0.15) is 6.61 Å². The van der Waals surface area contributed by atoms with Crippen molar-refractivity contribution >= 4 is 11.9 Å². The van der Waals surface area contributed by atoms with E-state index in [1.807, 2.05) is 54.6 Å². The van der Waals surface area contributed by atoms with Crippen LogP contribution < -0.4 is 0 Å². The normalized spacial score (nSPS) is 21.3. The van der Waals surface area contributed by atoms with Crippen molar-refractivity contribution in [3.8, 4) is 0 Å². The molecule has 0 heterocycles. The van der Waals surface area contributed by atoms with E-state index in [0.717, 1.165) is 17.4 Å². The summed E-state index contributed by atoms with van der Waals surface area (Å²) >= 11 is 0. The van der Waals surface area contributed by atoms with Crippen LogP contribution in [0.15, 0.2) is 78.9 Å². The zero-order chi connectivity index (χ0) is 35.0. The zero-order valence-electron chi connectivity index (χ0n) is 31.0. The van der Waals surface area contributed by atoms with Crippen LogP contribution >= 0.6 is 0 Å². The van der Waals surface area contributed by atoms with E-state index in [1.165, 1.54) is 127 Å². The molecule has 0 radical (unpaired) electrons. The third-order valence-corrected chi connectivity index (χ3v) is 11.6. The summed E-state index contributed by atoms with van der Waals surface area (Å²) in [4.78, 5) is 26.5. The second-order valence-corrected chi connectivity index (χ2v) is 15.3. The summed E-state index contributed by atoms with van der Waals surface area (Å²) in [6.07, 6.45) is 23.0. The minimum absolute atomic E-state index is 0.0433. The molecule has 0 saturated heterocycles. The predicted octanol–water partition coefficient (Wildman–Crippen LogP) is 12.9. The van der Waals surface area contributed by atoms with E-state index in [0.29, 0.717) is 23.0 Å². The fourth-order valence-electron chi connectivity index (χ4n) is 8.37. The van der Waals surface area contributed by atoms with Gasteiger partial charge in [-0.15, -0.1) is 0 Å². The second kappa shape index (κ2) is 20.4. The van der Waals surface area contributed by atoms with Crippen molar-refractivity contribution in [1.82, 2.24) is 0 Å². The minimum Gasteiger partial charge on any atom is -0.458 e. The Labute approximate surface area is 302 Å². The highest BCUT2D eigenvalue weighted by atomic mass is 16.6. The maximum absolute atomic E-state index is 13.3. The molecule has 0 aromatic heterocycles. The van der Waals surface area contributed by atoms with E-state index in [2.05, 4.69) is 38.1 Å². The standard InChI is InChI=1S/C46H62O4/c1-3-5-7-10-14-35-18-22-37(23-19-35)39-26-30-42(31-27-39)45(47)49-34-44(41-16-12-9-13-17-41)50-46(48)43-32-28-40(29-33-43)38-24-20-36(21-25-38)15-11-8-6-4-2/h9,12-13,16-17,26-33,35-38,44H,3-8,10-11,14-15,18-25,34H2,1-2H3. The highest BCUT2D eigenvalue weighted by Gasteiger charge is 2.25. The van der Waals surface area contributed by atoms with Crippen molar-refractivity contribution < 1.29 is 19.1 Å². The molecule has 50 heavy (non-hydrogen) atoms. The zero-order valence-corrected chi connectivity index (χ0v) is 31.0. The van der Waals surface area contributed by atoms with E-state index < -0.39 is 18.0 Å². The molecule has 3 aromatic rings. The van der Waals surface area contributed by atoms with Crippen LogP contribution in [0.1, 0.15) is 185 Å². The largest absolute Gasteiger partial charge is 0.458 e. The lowest BCUT2D eigenvalue weighted by Gasteiger charge is -2.29. The number of ether oxygens (including phenoxy) is 2. The minimum atomic E-state index is -0.698. The van der Waals surface area contributed by atoms with Gasteiger partial charge in [-0.1, -0.05) is 133 Å². The van der Waals surface area contributed by atoms with E-state index in [-0.39, 0.29) is 6.61 Å². The van der Waals surface area contributed by atoms with Crippen molar-refractivity contribution in [3.05, 3.63) is 107 Å². The highest BCUT2D eigenvalue weighted by molar-refractivity contribution is 5.90. The van der Waals surface area contributed by atoms with Crippen molar-refractivity contribution in [2.24, 2.45) is 11.8 Å². The number of carbonyl (C=O) groups excluding carboxylic acids is 2. The van der Waals surface area contributed by atoms with Gasteiger partial charge in [-0.05, 0) is 116 Å². The van der Waals surface area contributed by atoms with Crippen LogP contribution in [0.3, 0.4) is 0 Å². The van der Waals surface area contributed by atoms with Gasteiger partial charge in [0.15, 0.2) is 6.10 Å². The molecule has 2 saturated carbocycles. The third-order valence-electron chi connectivity index (χ3n) is 11.6. The molecule has 1 atom stereocenters. The summed E-state index contributed by atoms with van der Waals surface area (Å²) in [6.45, 7) is 4.50. The molecule has 0 aliphatic heterocycles. The number of rotatable bonds is 18. The summed E-state index contributed by atoms with van der Waals surface area (Å²) in [6, 6.07) is 25.5. The lowest BCUT2D eigenvalue weighted by molar-refractivity contribution is -0.00134. The van der Waals surface area contributed by atoms with Crippen LogP contribution in [-0.2, 0) is 9.47 Å². The Morgan fingerprint density at radius 1 is 0.560 bits per heavy atom. The summed E-state index contributed by atoms with van der Waals surface area (Å²) < 4.78 is 11.8. The van der Waals surface area contributed by atoms with Gasteiger partial charge in [0.25, 0.3) is 0 Å². The van der Waals surface area contributed by atoms with Crippen molar-refractivity contribution in [3.63, 3.8) is 0 Å². The van der Waals surface area contributed by atoms with Crippen LogP contribution in [0.2, 0.25) is 0 Å². The maximum Gasteiger partial charge on any atom is 0.338 e. The number of carbonyl (C=O) groups is 2. The number of unbranched alkanes of at least 4 members (excludes halogenated alkanes) is 6. The SMILES string of the molecule is CCCCCCC1CCC(c2ccc(C(=O)OCC(OC(=O)c3ccc(C4CCC(CCCCCC)CC4)cc3)c3ccccc3)cc2)CC1. The number of benzene rings is 3. The molecule has 2 aliphatic carbocycles. The highest BCUT2D eigenvalue weighted by Crippen LogP contribution is 2.39. The van der Waals surface area contributed by atoms with Crippen LogP contribution in [0.25, 0.3) is 0 Å². The lowest BCUT2D eigenvalue weighted by atomic mass is 9.77. The van der Waals surface area contributed by atoms with Gasteiger partial charge in [-0.3, -0.25) is 0 Å². The molecule has 5 rings (SSSR count). The summed E-state index contributed by atoms with van der Waals surface area (Å²) in [5.74, 6) is 2.09. The fourth-order valence-corrected chi connectivity index (χ4v) is 8.37. The average molecular weight is 679 g/mol. The van der Waals surface area contributed by atoms with Gasteiger partial charge in [-0.25, -0.2) is 9.59 Å². The van der Waals surface area contributed by atoms with Crippen molar-refractivity contribution in [2.75, 3.05) is 6.61 Å². The molecular weight excluding hydrogens is 617 g/mol. The van der Waals surface area contributed by atoms with E-state index >= 15 is 0 Å². The number of hydrogen-bond donors (Lipinski definition) is 0. The monoisotopic (exact) mass is 678 g/mol. The Morgan fingerprint density at radius 3 is 1.48 bits per heavy atom. The molecule has 3 aromatic carbocycles. The lowest BCUT2D eigenvalue weighted by Crippen LogP contribution is -2.19. The van der Waals surface area contributed by atoms with Gasteiger partial charge < -0.3 is 9.47 Å². The summed E-state index contributed by atoms with van der Waals surface area (Å²) in [7, 11) is 0. The smallest absolute Gasteiger partial charge is 0.338 e. The predicted molar refractivity (Wildman–Crippen MR) is 205 cm³/mol. The van der Waals surface area contributed by atoms with Gasteiger partial charge in [-0.2, -0.15) is 0 Å². The molecule has 4 nitrogen and oxygen atoms in total. The summed E-state index contributed by atoms with van der Waals surface area (Å²) in [5, 5.41) is 0. The van der Waals surface area contributed by atoms with E-state index in [1.54, 1.807) is 0 Å².